The van der Waals surface area contributed by atoms with E-state index in [-0.39, 0.29) is 18.3 Å². The van der Waals surface area contributed by atoms with Crippen molar-refractivity contribution in [1.82, 2.24) is 0 Å². The first-order chi connectivity index (χ1) is 11.9. The second-order valence-corrected chi connectivity index (χ2v) is 6.79. The zero-order valence-electron chi connectivity index (χ0n) is 14.7. The molecular formula is C20H20F6. The number of benzene rings is 2. The lowest BCUT2D eigenvalue weighted by Gasteiger charge is -2.20. The molecular weight excluding hydrogens is 354 g/mol. The van der Waals surface area contributed by atoms with Crippen molar-refractivity contribution >= 4 is 0 Å². The van der Waals surface area contributed by atoms with Crippen LogP contribution in [0.5, 0.6) is 0 Å². The van der Waals surface area contributed by atoms with E-state index in [1.807, 2.05) is 13.8 Å². The van der Waals surface area contributed by atoms with Crippen LogP contribution in [0, 0.1) is 0 Å². The third kappa shape index (κ3) is 4.80. The van der Waals surface area contributed by atoms with Gasteiger partial charge in [0.25, 0.3) is 0 Å². The van der Waals surface area contributed by atoms with Gasteiger partial charge in [-0.2, -0.15) is 26.3 Å². The minimum Gasteiger partial charge on any atom is -0.166 e. The molecule has 0 radical (unpaired) electrons. The Bertz CT molecular complexity index is 756. The molecule has 0 bridgehead atoms. The van der Waals surface area contributed by atoms with Gasteiger partial charge in [0.2, 0.25) is 0 Å². The van der Waals surface area contributed by atoms with Gasteiger partial charge >= 0.3 is 12.4 Å². The van der Waals surface area contributed by atoms with E-state index in [1.54, 1.807) is 13.0 Å². The smallest absolute Gasteiger partial charge is 0.166 e. The average Bonchev–Trinajstić information content (AvgIpc) is 2.53. The number of alkyl halides is 6. The Hall–Kier alpha value is -1.98. The monoisotopic (exact) mass is 374 g/mol. The van der Waals surface area contributed by atoms with Crippen LogP contribution in [0.3, 0.4) is 0 Å². The summed E-state index contributed by atoms with van der Waals surface area (Å²) in [5.74, 6) is -0.334. The quantitative estimate of drug-likeness (QED) is 0.497. The maximum Gasteiger partial charge on any atom is 0.416 e. The second-order valence-electron chi connectivity index (χ2n) is 6.79. The minimum absolute atomic E-state index is 0.0148. The maximum atomic E-state index is 13.0. The van der Waals surface area contributed by atoms with Gasteiger partial charge in [-0.15, -0.1) is 0 Å². The Morgan fingerprint density at radius 3 is 1.88 bits per heavy atom. The first-order valence-electron chi connectivity index (χ1n) is 8.26. The van der Waals surface area contributed by atoms with Gasteiger partial charge in [0, 0.05) is 0 Å². The number of rotatable bonds is 4. The van der Waals surface area contributed by atoms with E-state index in [1.165, 1.54) is 12.1 Å². The topological polar surface area (TPSA) is 0 Å². The van der Waals surface area contributed by atoms with Gasteiger partial charge in [0.15, 0.2) is 0 Å². The summed E-state index contributed by atoms with van der Waals surface area (Å²) in [6.07, 6.45) is -8.67. The Morgan fingerprint density at radius 2 is 1.35 bits per heavy atom. The average molecular weight is 374 g/mol. The number of hydrogen-bond donors (Lipinski definition) is 0. The highest BCUT2D eigenvalue weighted by Gasteiger charge is 2.32. The molecule has 2 aromatic rings. The Kier molecular flexibility index (Phi) is 5.73. The maximum absolute atomic E-state index is 13.0. The van der Waals surface area contributed by atoms with Crippen LogP contribution >= 0.6 is 0 Å². The van der Waals surface area contributed by atoms with Gasteiger partial charge < -0.3 is 0 Å². The lowest BCUT2D eigenvalue weighted by molar-refractivity contribution is -0.138. The molecule has 0 aliphatic heterocycles. The van der Waals surface area contributed by atoms with Gasteiger partial charge in [0.1, 0.15) is 0 Å². The van der Waals surface area contributed by atoms with Crippen LogP contribution in [-0.4, -0.2) is 0 Å². The summed E-state index contributed by atoms with van der Waals surface area (Å²) >= 11 is 0. The highest BCUT2D eigenvalue weighted by atomic mass is 19.4. The molecule has 2 aromatic carbocycles. The van der Waals surface area contributed by atoms with Crippen molar-refractivity contribution in [3.05, 3.63) is 70.3 Å². The molecule has 0 heterocycles. The largest absolute Gasteiger partial charge is 0.416 e. The van der Waals surface area contributed by atoms with Gasteiger partial charge in [-0.25, -0.2) is 0 Å². The van der Waals surface area contributed by atoms with Crippen molar-refractivity contribution in [3.63, 3.8) is 0 Å². The zero-order valence-corrected chi connectivity index (χ0v) is 14.7. The summed E-state index contributed by atoms with van der Waals surface area (Å²) in [5, 5.41) is 0. The van der Waals surface area contributed by atoms with Crippen LogP contribution in [-0.2, 0) is 18.8 Å². The fourth-order valence-corrected chi connectivity index (χ4v) is 2.99. The number of hydrogen-bond acceptors (Lipinski definition) is 0. The molecule has 0 aliphatic rings. The van der Waals surface area contributed by atoms with Gasteiger partial charge in [-0.05, 0) is 53.1 Å². The highest BCUT2D eigenvalue weighted by molar-refractivity contribution is 5.37. The third-order valence-corrected chi connectivity index (χ3v) is 4.40. The molecule has 142 valence electrons. The Balaban J connectivity index is 2.37. The molecule has 0 saturated carbocycles. The Morgan fingerprint density at radius 1 is 0.769 bits per heavy atom. The lowest BCUT2D eigenvalue weighted by atomic mass is 9.86. The third-order valence-electron chi connectivity index (χ3n) is 4.40. The molecule has 0 aliphatic carbocycles. The molecule has 0 spiro atoms. The number of halogens is 6. The summed E-state index contributed by atoms with van der Waals surface area (Å²) < 4.78 is 77.7. The summed E-state index contributed by atoms with van der Waals surface area (Å²) in [6.45, 7) is 5.47. The van der Waals surface area contributed by atoms with Gasteiger partial charge in [-0.1, -0.05) is 45.0 Å². The van der Waals surface area contributed by atoms with Gasteiger partial charge in [0.05, 0.1) is 11.1 Å². The van der Waals surface area contributed by atoms with Crippen LogP contribution in [0.25, 0.3) is 0 Å². The van der Waals surface area contributed by atoms with Crippen LogP contribution in [0.4, 0.5) is 26.3 Å². The summed E-state index contributed by atoms with van der Waals surface area (Å²) in [4.78, 5) is 0. The highest BCUT2D eigenvalue weighted by Crippen LogP contribution is 2.35. The van der Waals surface area contributed by atoms with E-state index >= 15 is 0 Å². The SMILES string of the molecule is CC(C)c1ccc(C(F)(F)F)cc1CC(C)c1cccc(C(F)(F)F)c1. The molecule has 0 aromatic heterocycles. The van der Waals surface area contributed by atoms with Gasteiger partial charge in [-0.3, -0.25) is 0 Å². The van der Waals surface area contributed by atoms with Crippen LogP contribution in [0.1, 0.15) is 60.4 Å². The fraction of sp³-hybridized carbons (Fsp3) is 0.400. The van der Waals surface area contributed by atoms with Crippen molar-refractivity contribution in [2.45, 2.75) is 51.4 Å². The van der Waals surface area contributed by atoms with E-state index in [0.29, 0.717) is 11.1 Å². The predicted molar refractivity (Wildman–Crippen MR) is 89.1 cm³/mol. The minimum atomic E-state index is -4.45. The lowest BCUT2D eigenvalue weighted by Crippen LogP contribution is -2.10. The molecule has 26 heavy (non-hydrogen) atoms. The molecule has 1 unspecified atom stereocenters. The Labute approximate surface area is 148 Å². The van der Waals surface area contributed by atoms with Crippen LogP contribution in [0.2, 0.25) is 0 Å². The molecule has 0 nitrogen and oxygen atoms in total. The van der Waals surface area contributed by atoms with Crippen molar-refractivity contribution < 1.29 is 26.3 Å². The van der Waals surface area contributed by atoms with Crippen LogP contribution < -0.4 is 0 Å². The molecule has 0 fully saturated rings. The molecule has 1 atom stereocenters. The van der Waals surface area contributed by atoms with Crippen molar-refractivity contribution in [3.8, 4) is 0 Å². The van der Waals surface area contributed by atoms with E-state index in [2.05, 4.69) is 0 Å². The first kappa shape index (κ1) is 20.3. The molecule has 0 N–H and O–H groups in total. The predicted octanol–water partition coefficient (Wildman–Crippen LogP) is 7.19. The van der Waals surface area contributed by atoms with E-state index in [4.69, 9.17) is 0 Å². The molecule has 0 amide bonds. The first-order valence-corrected chi connectivity index (χ1v) is 8.26. The van der Waals surface area contributed by atoms with Crippen LogP contribution in [0.15, 0.2) is 42.5 Å². The second kappa shape index (κ2) is 7.33. The molecule has 0 saturated heterocycles. The molecule has 2 rings (SSSR count). The van der Waals surface area contributed by atoms with Crippen molar-refractivity contribution in [2.24, 2.45) is 0 Å². The van der Waals surface area contributed by atoms with E-state index < -0.39 is 23.5 Å². The fourth-order valence-electron chi connectivity index (χ4n) is 2.99. The van der Waals surface area contributed by atoms with Crippen molar-refractivity contribution in [2.75, 3.05) is 0 Å². The van der Waals surface area contributed by atoms with E-state index in [0.717, 1.165) is 29.8 Å². The molecule has 6 heteroatoms. The zero-order chi connectivity index (χ0) is 19.7. The van der Waals surface area contributed by atoms with Crippen molar-refractivity contribution in [1.29, 1.82) is 0 Å². The normalized spacial score (nSPS) is 13.9. The summed E-state index contributed by atoms with van der Waals surface area (Å²) in [6, 6.07) is 8.56. The summed E-state index contributed by atoms with van der Waals surface area (Å²) in [7, 11) is 0. The van der Waals surface area contributed by atoms with E-state index in [9.17, 15) is 26.3 Å². The standard InChI is InChI=1S/C20H20F6/c1-12(2)18-8-7-17(20(24,25)26)11-15(18)9-13(3)14-5-4-6-16(10-14)19(21,22)23/h4-8,10-13H,9H2,1-3H3. The summed E-state index contributed by atoms with van der Waals surface area (Å²) in [5.41, 5.74) is 0.242.